The van der Waals surface area contributed by atoms with Crippen LogP contribution in [0.5, 0.6) is 17.2 Å². The predicted octanol–water partition coefficient (Wildman–Crippen LogP) is 4.40. The van der Waals surface area contributed by atoms with Crippen molar-refractivity contribution in [1.82, 2.24) is 0 Å². The molecule has 0 spiro atoms. The van der Waals surface area contributed by atoms with Gasteiger partial charge >= 0.3 is 5.97 Å². The first kappa shape index (κ1) is 18.3. The van der Waals surface area contributed by atoms with Crippen molar-refractivity contribution in [2.24, 2.45) is 0 Å². The SMILES string of the molecule is COc1cccc(OCCOc2ccc3ccccc3c2C=CC(=O)O)c1. The van der Waals surface area contributed by atoms with E-state index in [1.165, 1.54) is 0 Å². The summed E-state index contributed by atoms with van der Waals surface area (Å²) < 4.78 is 16.7. The number of fused-ring (bicyclic) bond motifs is 1. The lowest BCUT2D eigenvalue weighted by atomic mass is 10.0. The molecular formula is C22H20O5. The fourth-order valence-corrected chi connectivity index (χ4v) is 2.73. The molecule has 0 atom stereocenters. The van der Waals surface area contributed by atoms with Crippen molar-refractivity contribution in [3.05, 3.63) is 72.3 Å². The molecular weight excluding hydrogens is 344 g/mol. The Bertz CT molecular complexity index is 962. The Hall–Kier alpha value is -3.47. The number of methoxy groups -OCH3 is 1. The highest BCUT2D eigenvalue weighted by atomic mass is 16.5. The molecule has 0 aliphatic carbocycles. The van der Waals surface area contributed by atoms with Crippen LogP contribution in [-0.4, -0.2) is 31.4 Å². The topological polar surface area (TPSA) is 65.0 Å². The van der Waals surface area contributed by atoms with Gasteiger partial charge in [-0.3, -0.25) is 0 Å². The Labute approximate surface area is 157 Å². The molecule has 1 N–H and O–H groups in total. The van der Waals surface area contributed by atoms with Crippen molar-refractivity contribution in [3.8, 4) is 17.2 Å². The summed E-state index contributed by atoms with van der Waals surface area (Å²) in [6.45, 7) is 0.672. The van der Waals surface area contributed by atoms with Crippen LogP contribution in [0.4, 0.5) is 0 Å². The minimum absolute atomic E-state index is 0.323. The fraction of sp³-hybridized carbons (Fsp3) is 0.136. The van der Waals surface area contributed by atoms with E-state index in [2.05, 4.69) is 0 Å². The molecule has 3 aromatic carbocycles. The van der Waals surface area contributed by atoms with Crippen molar-refractivity contribution in [3.63, 3.8) is 0 Å². The molecule has 0 saturated carbocycles. The average Bonchev–Trinajstić information content (AvgIpc) is 2.70. The molecule has 3 rings (SSSR count). The Morgan fingerprint density at radius 1 is 0.963 bits per heavy atom. The number of benzene rings is 3. The predicted molar refractivity (Wildman–Crippen MR) is 105 cm³/mol. The van der Waals surface area contributed by atoms with Crippen molar-refractivity contribution in [2.75, 3.05) is 20.3 Å². The Kier molecular flexibility index (Phi) is 5.94. The van der Waals surface area contributed by atoms with Crippen molar-refractivity contribution < 1.29 is 24.1 Å². The van der Waals surface area contributed by atoms with Gasteiger partial charge in [0.05, 0.1) is 7.11 Å². The third kappa shape index (κ3) is 4.79. The van der Waals surface area contributed by atoms with Gasteiger partial charge in [0, 0.05) is 17.7 Å². The van der Waals surface area contributed by atoms with Crippen LogP contribution in [0.1, 0.15) is 5.56 Å². The van der Waals surface area contributed by atoms with E-state index in [0.717, 1.165) is 28.2 Å². The van der Waals surface area contributed by atoms with Crippen molar-refractivity contribution >= 4 is 22.8 Å². The lowest BCUT2D eigenvalue weighted by molar-refractivity contribution is -0.131. The molecule has 0 fully saturated rings. The van der Waals surface area contributed by atoms with Crippen LogP contribution < -0.4 is 14.2 Å². The number of carboxylic acids is 1. The molecule has 0 heterocycles. The molecule has 0 aromatic heterocycles. The van der Waals surface area contributed by atoms with Crippen molar-refractivity contribution in [1.29, 1.82) is 0 Å². The normalized spacial score (nSPS) is 10.9. The van der Waals surface area contributed by atoms with E-state index < -0.39 is 5.97 Å². The summed E-state index contributed by atoms with van der Waals surface area (Å²) in [4.78, 5) is 10.9. The highest BCUT2D eigenvalue weighted by Crippen LogP contribution is 2.29. The van der Waals surface area contributed by atoms with Gasteiger partial charge < -0.3 is 19.3 Å². The minimum atomic E-state index is -1.00. The molecule has 0 aliphatic rings. The zero-order valence-electron chi connectivity index (χ0n) is 14.9. The standard InChI is InChI=1S/C22H20O5/c1-25-17-6-4-7-18(15-17)26-13-14-27-21-11-9-16-5-2-3-8-19(16)20(21)10-12-22(23)24/h2-12,15H,13-14H2,1H3,(H,23,24). The van der Waals surface area contributed by atoms with E-state index in [1.54, 1.807) is 19.3 Å². The van der Waals surface area contributed by atoms with Gasteiger partial charge in [0.1, 0.15) is 30.5 Å². The lowest BCUT2D eigenvalue weighted by Gasteiger charge is -2.13. The summed E-state index contributed by atoms with van der Waals surface area (Å²) >= 11 is 0. The van der Waals surface area contributed by atoms with Crippen LogP contribution in [0.3, 0.4) is 0 Å². The molecule has 5 nitrogen and oxygen atoms in total. The maximum Gasteiger partial charge on any atom is 0.328 e. The van der Waals surface area contributed by atoms with Gasteiger partial charge in [0.2, 0.25) is 0 Å². The quantitative estimate of drug-likeness (QED) is 0.474. The summed E-state index contributed by atoms with van der Waals surface area (Å²) in [6, 6.07) is 18.9. The van der Waals surface area contributed by atoms with Gasteiger partial charge in [-0.25, -0.2) is 4.79 Å². The van der Waals surface area contributed by atoms with Crippen LogP contribution >= 0.6 is 0 Å². The van der Waals surface area contributed by atoms with Crippen LogP contribution in [-0.2, 0) is 4.79 Å². The first-order chi connectivity index (χ1) is 13.2. The monoisotopic (exact) mass is 364 g/mol. The number of aliphatic carboxylic acids is 1. The number of carbonyl (C=O) groups is 1. The smallest absolute Gasteiger partial charge is 0.328 e. The zero-order valence-corrected chi connectivity index (χ0v) is 14.9. The molecule has 0 amide bonds. The largest absolute Gasteiger partial charge is 0.497 e. The summed E-state index contributed by atoms with van der Waals surface area (Å²) in [7, 11) is 1.61. The zero-order chi connectivity index (χ0) is 19.1. The van der Waals surface area contributed by atoms with Gasteiger partial charge in [-0.05, 0) is 35.0 Å². The molecule has 5 heteroatoms. The number of hydrogen-bond acceptors (Lipinski definition) is 4. The molecule has 138 valence electrons. The van der Waals surface area contributed by atoms with Gasteiger partial charge in [0.25, 0.3) is 0 Å². The van der Waals surface area contributed by atoms with Crippen LogP contribution in [0.2, 0.25) is 0 Å². The minimum Gasteiger partial charge on any atom is -0.497 e. The van der Waals surface area contributed by atoms with E-state index in [0.29, 0.717) is 24.7 Å². The maximum atomic E-state index is 10.9. The molecule has 0 aliphatic heterocycles. The van der Waals surface area contributed by atoms with E-state index in [-0.39, 0.29) is 0 Å². The Morgan fingerprint density at radius 2 is 1.74 bits per heavy atom. The van der Waals surface area contributed by atoms with Crippen molar-refractivity contribution in [2.45, 2.75) is 0 Å². The fourth-order valence-electron chi connectivity index (χ4n) is 2.73. The first-order valence-electron chi connectivity index (χ1n) is 8.50. The van der Waals surface area contributed by atoms with Crippen LogP contribution in [0.15, 0.2) is 66.7 Å². The average molecular weight is 364 g/mol. The molecule has 27 heavy (non-hydrogen) atoms. The van der Waals surface area contributed by atoms with Crippen LogP contribution in [0, 0.1) is 0 Å². The third-order valence-electron chi connectivity index (χ3n) is 3.97. The van der Waals surface area contributed by atoms with Gasteiger partial charge in [-0.2, -0.15) is 0 Å². The summed E-state index contributed by atoms with van der Waals surface area (Å²) in [6.07, 6.45) is 2.67. The first-order valence-corrected chi connectivity index (χ1v) is 8.50. The molecule has 0 unspecified atom stereocenters. The second-order valence-corrected chi connectivity index (χ2v) is 5.75. The second-order valence-electron chi connectivity index (χ2n) is 5.75. The number of carboxylic acid groups (broad SMARTS) is 1. The number of rotatable bonds is 8. The molecule has 0 radical (unpaired) electrons. The van der Waals surface area contributed by atoms with E-state index in [9.17, 15) is 4.79 Å². The summed E-state index contributed by atoms with van der Waals surface area (Å²) in [5, 5.41) is 10.9. The Balaban J connectivity index is 1.72. The van der Waals surface area contributed by atoms with E-state index in [4.69, 9.17) is 19.3 Å². The maximum absolute atomic E-state index is 10.9. The second kappa shape index (κ2) is 8.76. The molecule has 3 aromatic rings. The highest BCUT2D eigenvalue weighted by molar-refractivity contribution is 5.96. The Morgan fingerprint density at radius 3 is 2.56 bits per heavy atom. The summed E-state index contributed by atoms with van der Waals surface area (Å²) in [5.41, 5.74) is 0.733. The third-order valence-corrected chi connectivity index (χ3v) is 3.97. The highest BCUT2D eigenvalue weighted by Gasteiger charge is 2.07. The van der Waals surface area contributed by atoms with Crippen LogP contribution in [0.25, 0.3) is 16.8 Å². The molecule has 0 saturated heterocycles. The van der Waals surface area contributed by atoms with E-state index >= 15 is 0 Å². The van der Waals surface area contributed by atoms with Gasteiger partial charge in [0.15, 0.2) is 0 Å². The number of ether oxygens (including phenoxy) is 3. The van der Waals surface area contributed by atoms with Gasteiger partial charge in [-0.15, -0.1) is 0 Å². The number of hydrogen-bond donors (Lipinski definition) is 1. The van der Waals surface area contributed by atoms with Gasteiger partial charge in [-0.1, -0.05) is 36.4 Å². The summed E-state index contributed by atoms with van der Waals surface area (Å²) in [5.74, 6) is 1.03. The molecule has 0 bridgehead atoms. The van der Waals surface area contributed by atoms with E-state index in [1.807, 2.05) is 54.6 Å². The lowest BCUT2D eigenvalue weighted by Crippen LogP contribution is -2.09.